The fourth-order valence-electron chi connectivity index (χ4n) is 1.87. The van der Waals surface area contributed by atoms with Gasteiger partial charge in [-0.25, -0.2) is 4.90 Å². The Hall–Kier alpha value is -0.150. The summed E-state index contributed by atoms with van der Waals surface area (Å²) < 4.78 is 15.6. The second-order valence-corrected chi connectivity index (χ2v) is 4.09. The van der Waals surface area contributed by atoms with Gasteiger partial charge < -0.3 is 12.4 Å². The molecule has 90 valence electrons. The zero-order chi connectivity index (χ0) is 10.4. The van der Waals surface area contributed by atoms with E-state index in [-0.39, 0.29) is 18.5 Å². The van der Waals surface area contributed by atoms with Gasteiger partial charge in [-0.05, 0) is 6.42 Å². The highest BCUT2D eigenvalue weighted by Crippen LogP contribution is 1.92. The lowest BCUT2D eigenvalue weighted by Crippen LogP contribution is -3.13. The molecule has 0 aromatic rings. The first-order valence-electron chi connectivity index (χ1n) is 5.92. The molecule has 0 amide bonds. The number of unbranched alkanes of at least 4 members (excludes halogenated alkanes) is 2. The van der Waals surface area contributed by atoms with E-state index in [1.807, 2.05) is 4.58 Å². The number of hydrogen-bond donors (Lipinski definition) is 1. The second kappa shape index (κ2) is 8.05. The quantitative estimate of drug-likeness (QED) is 0.397. The van der Waals surface area contributed by atoms with E-state index in [2.05, 4.69) is 13.8 Å². The van der Waals surface area contributed by atoms with Gasteiger partial charge in [0.15, 0.2) is 13.1 Å². The van der Waals surface area contributed by atoms with E-state index in [0.29, 0.717) is 0 Å². The molecule has 0 aromatic carbocycles. The van der Waals surface area contributed by atoms with Crippen molar-refractivity contribution in [3.8, 4) is 0 Å². The first-order chi connectivity index (χ1) is 6.79. The van der Waals surface area contributed by atoms with Crippen molar-refractivity contribution < 1.29 is 26.3 Å². The molecule has 1 atom stereocenters. The van der Waals surface area contributed by atoms with Crippen LogP contribution in [0.5, 0.6) is 0 Å². The van der Waals surface area contributed by atoms with Gasteiger partial charge in [-0.15, -0.1) is 4.58 Å². The van der Waals surface area contributed by atoms with Gasteiger partial charge in [-0.2, -0.15) is 0 Å². The summed E-state index contributed by atoms with van der Waals surface area (Å²) in [6.45, 7) is 8.03. The fraction of sp³-hybridized carbons (Fsp3) is 0.909. The summed E-state index contributed by atoms with van der Waals surface area (Å²) >= 11 is 0. The lowest BCUT2D eigenvalue weighted by Gasteiger charge is -2.03. The molecule has 0 bridgehead atoms. The molecule has 1 N–H and O–H groups in total. The van der Waals surface area contributed by atoms with Crippen LogP contribution in [0.4, 0.5) is 4.39 Å². The predicted octanol–water partition coefficient (Wildman–Crippen LogP) is -2.17. The average Bonchev–Trinajstić information content (AvgIpc) is 2.54. The van der Waals surface area contributed by atoms with Gasteiger partial charge in [-0.3, -0.25) is 0 Å². The predicted molar refractivity (Wildman–Crippen MR) is 56.6 cm³/mol. The molecule has 0 saturated carbocycles. The Bertz CT molecular complexity index is 207. The molecule has 1 aliphatic heterocycles. The Balaban J connectivity index is 0.00000196. The molecule has 2 nitrogen and oxygen atoms in total. The Morgan fingerprint density at radius 1 is 1.27 bits per heavy atom. The summed E-state index contributed by atoms with van der Waals surface area (Å²) in [6.07, 6.45) is 4.63. The zero-order valence-corrected chi connectivity index (χ0v) is 10.6. The zero-order valence-electron chi connectivity index (χ0n) is 9.86. The highest BCUT2D eigenvalue weighted by molar-refractivity contribution is 5.57. The summed E-state index contributed by atoms with van der Waals surface area (Å²) in [6, 6.07) is 0. The summed E-state index contributed by atoms with van der Waals surface area (Å²) in [4.78, 5) is 1.06. The van der Waals surface area contributed by atoms with Crippen LogP contribution in [-0.4, -0.2) is 36.8 Å². The van der Waals surface area contributed by atoms with Crippen LogP contribution < -0.4 is 17.3 Å². The average molecular weight is 238 g/mol. The number of nitrogens with zero attached hydrogens (tertiary/aromatic N) is 1. The molecular weight excluding hydrogens is 215 g/mol. The lowest BCUT2D eigenvalue weighted by atomic mass is 10.3. The van der Waals surface area contributed by atoms with Crippen molar-refractivity contribution in [2.45, 2.75) is 39.5 Å². The minimum absolute atomic E-state index is 0. The normalized spacial score (nSPS) is 20.6. The molecule has 0 saturated heterocycles. The minimum atomic E-state index is 0. The van der Waals surface area contributed by atoms with Crippen molar-refractivity contribution in [3.63, 3.8) is 0 Å². The van der Waals surface area contributed by atoms with E-state index in [1.54, 1.807) is 0 Å². The molecule has 1 unspecified atom stereocenters. The molecular formula is C11H23ClFN2+. The molecule has 15 heavy (non-hydrogen) atoms. The highest BCUT2D eigenvalue weighted by atomic mass is 35.5. The maximum absolute atomic E-state index is 13.7. The van der Waals surface area contributed by atoms with Crippen LogP contribution in [0.1, 0.15) is 39.5 Å². The van der Waals surface area contributed by atoms with E-state index in [1.165, 1.54) is 0 Å². The summed E-state index contributed by atoms with van der Waals surface area (Å²) in [5, 5.41) is 0. The van der Waals surface area contributed by atoms with E-state index >= 15 is 0 Å². The monoisotopic (exact) mass is 237 g/mol. The standard InChI is InChI=1S/C11H22FN2.ClH/c1-3-5-7-13-9-10-14(11(13)12)8-6-4-2;/h3-10H2,1-2H3;1H/q+1;. The molecule has 0 radical (unpaired) electrons. The van der Waals surface area contributed by atoms with Gasteiger partial charge in [-0.1, -0.05) is 31.1 Å². The van der Waals surface area contributed by atoms with Crippen LogP contribution in [0.3, 0.4) is 0 Å². The van der Waals surface area contributed by atoms with Crippen LogP contribution in [0.15, 0.2) is 0 Å². The van der Waals surface area contributed by atoms with E-state index < -0.39 is 0 Å². The van der Waals surface area contributed by atoms with Gasteiger partial charge in [0, 0.05) is 6.42 Å². The number of halogens is 2. The third-order valence-electron chi connectivity index (χ3n) is 2.87. The first-order valence-corrected chi connectivity index (χ1v) is 5.92. The number of hydrogen-bond acceptors (Lipinski definition) is 0. The molecule has 1 heterocycles. The maximum Gasteiger partial charge on any atom is 0.535 e. The lowest BCUT2D eigenvalue weighted by molar-refractivity contribution is -0.809. The number of nitrogens with one attached hydrogen (secondary N) is 1. The van der Waals surface area contributed by atoms with Crippen molar-refractivity contribution in [1.29, 1.82) is 0 Å². The molecule has 0 aromatic heterocycles. The van der Waals surface area contributed by atoms with Crippen LogP contribution in [-0.2, 0) is 0 Å². The highest BCUT2D eigenvalue weighted by Gasteiger charge is 2.34. The van der Waals surface area contributed by atoms with Crippen LogP contribution in [0, 0.1) is 0 Å². The molecule has 1 aliphatic rings. The Labute approximate surface area is 98.6 Å². The smallest absolute Gasteiger partial charge is 0.535 e. The van der Waals surface area contributed by atoms with Crippen molar-refractivity contribution in [2.24, 2.45) is 0 Å². The molecule has 0 spiro atoms. The summed E-state index contributed by atoms with van der Waals surface area (Å²) in [5.74, 6) is 0. The second-order valence-electron chi connectivity index (χ2n) is 4.09. The Kier molecular flexibility index (Phi) is 7.97. The van der Waals surface area contributed by atoms with Crippen molar-refractivity contribution in [1.82, 2.24) is 0 Å². The SMILES string of the molecule is CCCC[N+]1=C(F)[NH+](CCCC)CC1.[Cl-]. The topological polar surface area (TPSA) is 7.45 Å². The van der Waals surface area contributed by atoms with Crippen molar-refractivity contribution in [3.05, 3.63) is 0 Å². The Morgan fingerprint density at radius 2 is 1.93 bits per heavy atom. The molecule has 0 aliphatic carbocycles. The Morgan fingerprint density at radius 3 is 2.53 bits per heavy atom. The number of amidine groups is 1. The summed E-state index contributed by atoms with van der Waals surface area (Å²) in [5.41, 5.74) is 0. The van der Waals surface area contributed by atoms with Gasteiger partial charge in [0.25, 0.3) is 0 Å². The van der Waals surface area contributed by atoms with Crippen LogP contribution in [0.25, 0.3) is 0 Å². The number of quaternary nitrogens is 1. The van der Waals surface area contributed by atoms with E-state index in [9.17, 15) is 4.39 Å². The van der Waals surface area contributed by atoms with E-state index in [0.717, 1.165) is 56.8 Å². The van der Waals surface area contributed by atoms with Crippen molar-refractivity contribution >= 4 is 6.09 Å². The van der Waals surface area contributed by atoms with Crippen molar-refractivity contribution in [2.75, 3.05) is 26.2 Å². The van der Waals surface area contributed by atoms with Gasteiger partial charge in [0.05, 0.1) is 6.54 Å². The maximum atomic E-state index is 13.7. The fourth-order valence-corrected chi connectivity index (χ4v) is 1.87. The third kappa shape index (κ3) is 4.47. The van der Waals surface area contributed by atoms with Gasteiger partial charge in [0.1, 0.15) is 6.54 Å². The minimum Gasteiger partial charge on any atom is -1.00 e. The summed E-state index contributed by atoms with van der Waals surface area (Å²) in [7, 11) is 0. The number of rotatable bonds is 6. The van der Waals surface area contributed by atoms with Crippen LogP contribution >= 0.6 is 0 Å². The molecule has 1 rings (SSSR count). The first kappa shape index (κ1) is 14.8. The van der Waals surface area contributed by atoms with Gasteiger partial charge >= 0.3 is 6.09 Å². The van der Waals surface area contributed by atoms with Crippen LogP contribution in [0.2, 0.25) is 0 Å². The molecule has 4 heteroatoms. The third-order valence-corrected chi connectivity index (χ3v) is 2.87. The van der Waals surface area contributed by atoms with E-state index in [4.69, 9.17) is 0 Å². The molecule has 0 fully saturated rings. The van der Waals surface area contributed by atoms with Gasteiger partial charge in [0.2, 0.25) is 0 Å². The largest absolute Gasteiger partial charge is 1.00 e.